The van der Waals surface area contributed by atoms with Crippen molar-refractivity contribution in [2.75, 3.05) is 4.90 Å². The Hall–Kier alpha value is -1.76. The molecule has 210 valence electrons. The fourth-order valence-corrected chi connectivity index (χ4v) is 7.52. The lowest BCUT2D eigenvalue weighted by atomic mass is 9.86. The van der Waals surface area contributed by atoms with Crippen molar-refractivity contribution in [2.24, 2.45) is 5.92 Å². The third kappa shape index (κ3) is 7.45. The molecule has 0 spiro atoms. The average Bonchev–Trinajstić information content (AvgIpc) is 3.38. The van der Waals surface area contributed by atoms with Gasteiger partial charge >= 0.3 is 0 Å². The summed E-state index contributed by atoms with van der Waals surface area (Å²) in [5, 5.41) is 10.2. The van der Waals surface area contributed by atoms with Crippen molar-refractivity contribution < 1.29 is 19.4 Å². The SMILES string of the molecule is C=CC(CCCCC)OC1CCC(N(C(=O)C2CCCCC2)c2cc(C3=CC(O)CCC3)sc2C=O)CC1. The highest BCUT2D eigenvalue weighted by Crippen LogP contribution is 2.41. The minimum Gasteiger partial charge on any atom is -0.389 e. The molecule has 1 heterocycles. The first kappa shape index (κ1) is 29.2. The monoisotopic (exact) mass is 541 g/mol. The van der Waals surface area contributed by atoms with Crippen LogP contribution in [0.2, 0.25) is 0 Å². The first-order valence-electron chi connectivity index (χ1n) is 15.1. The van der Waals surface area contributed by atoms with Crippen LogP contribution in [0.4, 0.5) is 5.69 Å². The van der Waals surface area contributed by atoms with Gasteiger partial charge in [0.05, 0.1) is 28.9 Å². The third-order valence-electron chi connectivity index (χ3n) is 8.69. The predicted octanol–water partition coefficient (Wildman–Crippen LogP) is 7.86. The zero-order valence-corrected chi connectivity index (χ0v) is 24.1. The topological polar surface area (TPSA) is 66.8 Å². The van der Waals surface area contributed by atoms with E-state index in [4.69, 9.17) is 4.74 Å². The summed E-state index contributed by atoms with van der Waals surface area (Å²) in [7, 11) is 0. The quantitative estimate of drug-likeness (QED) is 0.166. The van der Waals surface area contributed by atoms with Gasteiger partial charge < -0.3 is 14.7 Å². The highest BCUT2D eigenvalue weighted by atomic mass is 32.1. The summed E-state index contributed by atoms with van der Waals surface area (Å²) in [4.78, 5) is 30.0. The van der Waals surface area contributed by atoms with E-state index < -0.39 is 6.10 Å². The van der Waals surface area contributed by atoms with Crippen LogP contribution in [0, 0.1) is 5.92 Å². The van der Waals surface area contributed by atoms with E-state index in [1.165, 1.54) is 30.6 Å². The van der Waals surface area contributed by atoms with Gasteiger partial charge in [-0.25, -0.2) is 0 Å². The Bertz CT molecular complexity index is 955. The molecule has 1 aromatic heterocycles. The number of aldehydes is 1. The lowest BCUT2D eigenvalue weighted by molar-refractivity contribution is -0.124. The van der Waals surface area contributed by atoms with Crippen molar-refractivity contribution >= 4 is 34.8 Å². The highest BCUT2D eigenvalue weighted by Gasteiger charge is 2.36. The molecule has 2 fully saturated rings. The molecule has 0 aliphatic heterocycles. The average molecular weight is 542 g/mol. The van der Waals surface area contributed by atoms with Crippen LogP contribution in [0.1, 0.15) is 124 Å². The second kappa shape index (κ2) is 14.6. The molecule has 1 amide bonds. The van der Waals surface area contributed by atoms with Crippen LogP contribution >= 0.6 is 11.3 Å². The lowest BCUT2D eigenvalue weighted by Gasteiger charge is -2.39. The molecule has 2 atom stereocenters. The second-order valence-electron chi connectivity index (χ2n) is 11.5. The number of amides is 1. The van der Waals surface area contributed by atoms with Gasteiger partial charge in [-0.3, -0.25) is 9.59 Å². The summed E-state index contributed by atoms with van der Waals surface area (Å²) in [5.41, 5.74) is 1.88. The number of hydrogen-bond donors (Lipinski definition) is 1. The molecular weight excluding hydrogens is 494 g/mol. The van der Waals surface area contributed by atoms with Gasteiger partial charge in [0.2, 0.25) is 5.91 Å². The van der Waals surface area contributed by atoms with Crippen molar-refractivity contribution in [2.45, 2.75) is 134 Å². The molecule has 0 saturated heterocycles. The molecule has 2 saturated carbocycles. The zero-order valence-electron chi connectivity index (χ0n) is 23.2. The summed E-state index contributed by atoms with van der Waals surface area (Å²) < 4.78 is 6.43. The summed E-state index contributed by atoms with van der Waals surface area (Å²) in [5.74, 6) is 0.239. The van der Waals surface area contributed by atoms with Gasteiger partial charge in [0.15, 0.2) is 6.29 Å². The smallest absolute Gasteiger partial charge is 0.230 e. The van der Waals surface area contributed by atoms with Crippen LogP contribution in [0.3, 0.4) is 0 Å². The van der Waals surface area contributed by atoms with Gasteiger partial charge in [0.25, 0.3) is 0 Å². The number of aliphatic hydroxyl groups excluding tert-OH is 1. The molecule has 2 unspecified atom stereocenters. The van der Waals surface area contributed by atoms with Crippen LogP contribution in [0.5, 0.6) is 0 Å². The minimum atomic E-state index is -0.430. The lowest BCUT2D eigenvalue weighted by Crippen LogP contribution is -2.47. The number of hydrogen-bond acceptors (Lipinski definition) is 5. The first-order valence-corrected chi connectivity index (χ1v) is 15.9. The second-order valence-corrected chi connectivity index (χ2v) is 12.6. The van der Waals surface area contributed by atoms with Crippen molar-refractivity contribution in [1.29, 1.82) is 0 Å². The molecule has 1 N–H and O–H groups in total. The van der Waals surface area contributed by atoms with E-state index in [1.54, 1.807) is 0 Å². The van der Waals surface area contributed by atoms with Gasteiger partial charge in [-0.1, -0.05) is 57.6 Å². The molecule has 3 aliphatic carbocycles. The van der Waals surface area contributed by atoms with Gasteiger partial charge in [-0.05, 0) is 75.8 Å². The van der Waals surface area contributed by atoms with E-state index in [2.05, 4.69) is 19.6 Å². The summed E-state index contributed by atoms with van der Waals surface area (Å²) in [6.07, 6.45) is 20.8. The number of aliphatic hydroxyl groups is 1. The Morgan fingerprint density at radius 2 is 1.89 bits per heavy atom. The number of unbranched alkanes of at least 4 members (excludes halogenated alkanes) is 2. The molecule has 6 heteroatoms. The predicted molar refractivity (Wildman–Crippen MR) is 157 cm³/mol. The summed E-state index contributed by atoms with van der Waals surface area (Å²) in [6.45, 7) is 6.21. The maximum Gasteiger partial charge on any atom is 0.230 e. The first-order chi connectivity index (χ1) is 18.5. The molecule has 0 radical (unpaired) electrons. The fourth-order valence-electron chi connectivity index (χ4n) is 6.50. The maximum atomic E-state index is 14.1. The van der Waals surface area contributed by atoms with Crippen LogP contribution < -0.4 is 4.90 Å². The van der Waals surface area contributed by atoms with E-state index in [0.29, 0.717) is 4.88 Å². The number of carbonyl (C=O) groups is 2. The van der Waals surface area contributed by atoms with Gasteiger partial charge in [0, 0.05) is 16.8 Å². The fraction of sp³-hybridized carbons (Fsp3) is 0.688. The normalized spacial score (nSPS) is 25.4. The van der Waals surface area contributed by atoms with Crippen molar-refractivity contribution in [3.8, 4) is 0 Å². The van der Waals surface area contributed by atoms with Crippen LogP contribution in [0.15, 0.2) is 24.8 Å². The molecule has 38 heavy (non-hydrogen) atoms. The van der Waals surface area contributed by atoms with Gasteiger partial charge in [-0.15, -0.1) is 17.9 Å². The Morgan fingerprint density at radius 3 is 2.55 bits per heavy atom. The van der Waals surface area contributed by atoms with Crippen LogP contribution in [0.25, 0.3) is 5.57 Å². The van der Waals surface area contributed by atoms with Crippen molar-refractivity contribution in [3.63, 3.8) is 0 Å². The Kier molecular flexibility index (Phi) is 11.2. The van der Waals surface area contributed by atoms with Gasteiger partial charge in [0.1, 0.15) is 0 Å². The van der Waals surface area contributed by atoms with Crippen molar-refractivity contribution in [1.82, 2.24) is 0 Å². The number of anilines is 1. The maximum absolute atomic E-state index is 14.1. The molecule has 5 nitrogen and oxygen atoms in total. The number of thiophene rings is 1. The standard InChI is InChI=1S/C32H47NO4S/c1-3-5-7-15-27(4-2)37-28-18-16-25(17-19-28)33(32(36)23-11-8-6-9-12-23)29-21-30(38-31(29)22-34)24-13-10-14-26(35)20-24/h4,20-23,25-28,35H,2-3,5-19H2,1H3. The number of rotatable bonds is 12. The van der Waals surface area contributed by atoms with E-state index in [-0.39, 0.29) is 30.1 Å². The van der Waals surface area contributed by atoms with Crippen LogP contribution in [-0.4, -0.2) is 41.7 Å². The molecular formula is C32H47NO4S. The largest absolute Gasteiger partial charge is 0.389 e. The van der Waals surface area contributed by atoms with E-state index >= 15 is 0 Å². The number of ether oxygens (including phenoxy) is 1. The Balaban J connectivity index is 1.53. The van der Waals surface area contributed by atoms with E-state index in [9.17, 15) is 14.7 Å². The summed E-state index contributed by atoms with van der Waals surface area (Å²) >= 11 is 1.47. The molecule has 0 bridgehead atoms. The number of nitrogens with zero attached hydrogens (tertiary/aromatic N) is 1. The third-order valence-corrected chi connectivity index (χ3v) is 9.81. The van der Waals surface area contributed by atoms with Gasteiger partial charge in [-0.2, -0.15) is 0 Å². The highest BCUT2D eigenvalue weighted by molar-refractivity contribution is 7.15. The molecule has 4 rings (SSSR count). The zero-order chi connectivity index (χ0) is 26.9. The van der Waals surface area contributed by atoms with E-state index in [0.717, 1.165) is 106 Å². The molecule has 3 aliphatic rings. The Morgan fingerprint density at radius 1 is 1.13 bits per heavy atom. The van der Waals surface area contributed by atoms with Crippen LogP contribution in [-0.2, 0) is 9.53 Å². The minimum absolute atomic E-state index is 0.0417. The van der Waals surface area contributed by atoms with Crippen molar-refractivity contribution in [3.05, 3.63) is 34.6 Å². The molecule has 1 aromatic rings. The Labute approximate surface area is 233 Å². The number of carbonyl (C=O) groups excluding carboxylic acids is 2. The number of allylic oxidation sites excluding steroid dienone is 1. The van der Waals surface area contributed by atoms with E-state index in [1.807, 2.05) is 17.1 Å². The summed E-state index contributed by atoms with van der Waals surface area (Å²) in [6, 6.07) is 2.14. The molecule has 0 aromatic carbocycles.